The van der Waals surface area contributed by atoms with Crippen molar-refractivity contribution in [2.75, 3.05) is 33.0 Å². The van der Waals surface area contributed by atoms with E-state index in [2.05, 4.69) is 19.2 Å². The Kier molecular flexibility index (Phi) is 14.5. The minimum absolute atomic E-state index is 0. The molecule has 0 heterocycles. The summed E-state index contributed by atoms with van der Waals surface area (Å²) in [6.45, 7) is 8.30. The van der Waals surface area contributed by atoms with Crippen LogP contribution in [0.5, 0.6) is 0 Å². The average molecular weight is 283 g/mol. The van der Waals surface area contributed by atoms with Crippen LogP contribution in [-0.4, -0.2) is 44.9 Å². The monoisotopic (exact) mass is 282 g/mol. The highest BCUT2D eigenvalue weighted by Crippen LogP contribution is 2.03. The van der Waals surface area contributed by atoms with Crippen LogP contribution in [0.25, 0.3) is 0 Å². The number of halogens is 1. The van der Waals surface area contributed by atoms with Gasteiger partial charge in [0.15, 0.2) is 0 Å². The van der Waals surface area contributed by atoms with Gasteiger partial charge in [0.2, 0.25) is 5.91 Å². The molecule has 0 aromatic carbocycles. The van der Waals surface area contributed by atoms with Gasteiger partial charge in [-0.1, -0.05) is 13.8 Å². The van der Waals surface area contributed by atoms with Gasteiger partial charge >= 0.3 is 0 Å². The number of amides is 1. The number of rotatable bonds is 10. The van der Waals surface area contributed by atoms with Crippen molar-refractivity contribution >= 4 is 18.3 Å². The maximum absolute atomic E-state index is 11.5. The normalized spacial score (nSPS) is 12.1. The molecular weight excluding hydrogens is 256 g/mol. The molecule has 0 aliphatic carbocycles. The summed E-state index contributed by atoms with van der Waals surface area (Å²) in [6, 6.07) is 0.0398. The number of nitrogens with one attached hydrogen (secondary N) is 1. The Hall–Kier alpha value is -0.360. The van der Waals surface area contributed by atoms with Crippen molar-refractivity contribution in [1.29, 1.82) is 0 Å². The molecule has 0 aromatic rings. The second-order valence-corrected chi connectivity index (χ2v) is 4.38. The summed E-state index contributed by atoms with van der Waals surface area (Å²) in [5, 5.41) is 2.86. The summed E-state index contributed by atoms with van der Waals surface area (Å²) in [7, 11) is 0. The fraction of sp³-hybridized carbons (Fsp3) is 0.917. The maximum Gasteiger partial charge on any atom is 0.246 e. The molecule has 0 radical (unpaired) electrons. The number of ether oxygens (including phenoxy) is 2. The van der Waals surface area contributed by atoms with E-state index in [0.29, 0.717) is 32.3 Å². The number of hydrogen-bond acceptors (Lipinski definition) is 4. The smallest absolute Gasteiger partial charge is 0.246 e. The SMILES string of the molecule is CCOCCOCC(=O)NC(CN)CC(C)C.Cl. The van der Waals surface area contributed by atoms with Gasteiger partial charge in [0.05, 0.1) is 13.2 Å². The van der Waals surface area contributed by atoms with Crippen molar-refractivity contribution in [3.05, 3.63) is 0 Å². The first-order valence-electron chi connectivity index (χ1n) is 6.25. The van der Waals surface area contributed by atoms with E-state index in [1.165, 1.54) is 0 Å². The molecule has 0 aliphatic rings. The van der Waals surface area contributed by atoms with Gasteiger partial charge in [0.1, 0.15) is 6.61 Å². The zero-order valence-electron chi connectivity index (χ0n) is 11.6. The molecule has 1 unspecified atom stereocenters. The minimum Gasteiger partial charge on any atom is -0.379 e. The largest absolute Gasteiger partial charge is 0.379 e. The van der Waals surface area contributed by atoms with Crippen molar-refractivity contribution in [2.24, 2.45) is 11.7 Å². The van der Waals surface area contributed by atoms with Gasteiger partial charge in [-0.2, -0.15) is 0 Å². The maximum atomic E-state index is 11.5. The highest BCUT2D eigenvalue weighted by molar-refractivity contribution is 5.85. The van der Waals surface area contributed by atoms with Gasteiger partial charge in [-0.05, 0) is 19.3 Å². The molecule has 0 spiro atoms. The van der Waals surface area contributed by atoms with Crippen LogP contribution in [0.15, 0.2) is 0 Å². The first kappa shape index (κ1) is 20.0. The molecule has 0 saturated carbocycles. The summed E-state index contributed by atoms with van der Waals surface area (Å²) in [5.41, 5.74) is 5.59. The summed E-state index contributed by atoms with van der Waals surface area (Å²) >= 11 is 0. The van der Waals surface area contributed by atoms with Crippen LogP contribution < -0.4 is 11.1 Å². The van der Waals surface area contributed by atoms with Crippen LogP contribution in [0.2, 0.25) is 0 Å². The summed E-state index contributed by atoms with van der Waals surface area (Å²) < 4.78 is 10.3. The average Bonchev–Trinajstić information content (AvgIpc) is 2.27. The van der Waals surface area contributed by atoms with E-state index in [-0.39, 0.29) is 31.0 Å². The minimum atomic E-state index is -0.113. The van der Waals surface area contributed by atoms with Crippen molar-refractivity contribution < 1.29 is 14.3 Å². The predicted octanol–water partition coefficient (Wildman–Crippen LogP) is 0.951. The van der Waals surface area contributed by atoms with Crippen LogP contribution in [0.4, 0.5) is 0 Å². The van der Waals surface area contributed by atoms with E-state index in [9.17, 15) is 4.79 Å². The molecule has 6 heteroatoms. The molecule has 18 heavy (non-hydrogen) atoms. The number of nitrogens with two attached hydrogens (primary N) is 1. The highest BCUT2D eigenvalue weighted by Gasteiger charge is 2.12. The fourth-order valence-corrected chi connectivity index (χ4v) is 1.48. The zero-order valence-corrected chi connectivity index (χ0v) is 12.4. The third-order valence-electron chi connectivity index (χ3n) is 2.21. The van der Waals surface area contributed by atoms with E-state index < -0.39 is 0 Å². The Morgan fingerprint density at radius 2 is 1.89 bits per heavy atom. The van der Waals surface area contributed by atoms with E-state index in [4.69, 9.17) is 15.2 Å². The Bertz CT molecular complexity index is 204. The first-order chi connectivity index (χ1) is 8.10. The van der Waals surface area contributed by atoms with E-state index >= 15 is 0 Å². The lowest BCUT2D eigenvalue weighted by Crippen LogP contribution is -2.42. The molecule has 0 fully saturated rings. The van der Waals surface area contributed by atoms with E-state index in [1.807, 2.05) is 6.92 Å². The topological polar surface area (TPSA) is 73.6 Å². The van der Waals surface area contributed by atoms with Crippen LogP contribution in [0.3, 0.4) is 0 Å². The van der Waals surface area contributed by atoms with Crippen molar-refractivity contribution in [3.8, 4) is 0 Å². The summed E-state index contributed by atoms with van der Waals surface area (Å²) in [5.74, 6) is 0.403. The lowest BCUT2D eigenvalue weighted by molar-refractivity contribution is -0.126. The van der Waals surface area contributed by atoms with E-state index in [0.717, 1.165) is 6.42 Å². The van der Waals surface area contributed by atoms with Crippen molar-refractivity contribution in [3.63, 3.8) is 0 Å². The molecular formula is C12H27ClN2O3. The molecule has 0 aliphatic heterocycles. The Labute approximate surface area is 116 Å². The molecule has 1 amide bonds. The highest BCUT2D eigenvalue weighted by atomic mass is 35.5. The molecule has 0 saturated heterocycles. The predicted molar refractivity (Wildman–Crippen MR) is 75.0 cm³/mol. The van der Waals surface area contributed by atoms with Crippen molar-refractivity contribution in [2.45, 2.75) is 33.2 Å². The standard InChI is InChI=1S/C12H26N2O3.ClH/c1-4-16-5-6-17-9-12(15)14-11(8-13)7-10(2)3;/h10-11H,4-9,13H2,1-3H3,(H,14,15);1H. The molecule has 0 rings (SSSR count). The first-order valence-corrected chi connectivity index (χ1v) is 6.25. The molecule has 110 valence electrons. The van der Waals surface area contributed by atoms with Gasteiger partial charge in [0.25, 0.3) is 0 Å². The third-order valence-corrected chi connectivity index (χ3v) is 2.21. The Morgan fingerprint density at radius 3 is 2.39 bits per heavy atom. The van der Waals surface area contributed by atoms with Crippen molar-refractivity contribution in [1.82, 2.24) is 5.32 Å². The zero-order chi connectivity index (χ0) is 13.1. The molecule has 5 nitrogen and oxygen atoms in total. The van der Waals surface area contributed by atoms with Gasteiger partial charge in [-0.3, -0.25) is 4.79 Å². The molecule has 0 aromatic heterocycles. The van der Waals surface area contributed by atoms with Crippen LogP contribution >= 0.6 is 12.4 Å². The van der Waals surface area contributed by atoms with Gasteiger partial charge in [-0.25, -0.2) is 0 Å². The Balaban J connectivity index is 0. The second kappa shape index (κ2) is 13.1. The second-order valence-electron chi connectivity index (χ2n) is 4.38. The summed E-state index contributed by atoms with van der Waals surface area (Å²) in [6.07, 6.45) is 0.890. The van der Waals surface area contributed by atoms with Gasteiger partial charge in [0, 0.05) is 19.2 Å². The molecule has 3 N–H and O–H groups in total. The molecule has 1 atom stereocenters. The van der Waals surface area contributed by atoms with Crippen LogP contribution in [0.1, 0.15) is 27.2 Å². The number of carbonyl (C=O) groups excluding carboxylic acids is 1. The summed E-state index contributed by atoms with van der Waals surface area (Å²) in [4.78, 5) is 11.5. The lowest BCUT2D eigenvalue weighted by atomic mass is 10.0. The molecule has 0 bridgehead atoms. The lowest BCUT2D eigenvalue weighted by Gasteiger charge is -2.18. The van der Waals surface area contributed by atoms with Gasteiger partial charge in [-0.15, -0.1) is 12.4 Å². The quantitative estimate of drug-likeness (QED) is 0.585. The fourth-order valence-electron chi connectivity index (χ4n) is 1.48. The number of hydrogen-bond donors (Lipinski definition) is 2. The Morgan fingerprint density at radius 1 is 1.28 bits per heavy atom. The van der Waals surface area contributed by atoms with Gasteiger partial charge < -0.3 is 20.5 Å². The third kappa shape index (κ3) is 12.1. The van der Waals surface area contributed by atoms with Crippen LogP contribution in [0, 0.1) is 5.92 Å². The van der Waals surface area contributed by atoms with E-state index in [1.54, 1.807) is 0 Å². The number of carbonyl (C=O) groups is 1. The van der Waals surface area contributed by atoms with Crippen LogP contribution in [-0.2, 0) is 14.3 Å².